The van der Waals surface area contributed by atoms with E-state index in [9.17, 15) is 8.42 Å². The van der Waals surface area contributed by atoms with Gasteiger partial charge in [0.2, 0.25) is 0 Å². The van der Waals surface area contributed by atoms with Crippen LogP contribution in [0.2, 0.25) is 5.02 Å². The van der Waals surface area contributed by atoms with Crippen molar-refractivity contribution in [2.24, 2.45) is 7.05 Å². The van der Waals surface area contributed by atoms with Crippen molar-refractivity contribution in [2.75, 3.05) is 4.72 Å². The third-order valence-corrected chi connectivity index (χ3v) is 6.97. The summed E-state index contributed by atoms with van der Waals surface area (Å²) in [5.74, 6) is 0. The number of hydrogen-bond donors (Lipinski definition) is 1. The van der Waals surface area contributed by atoms with Crippen LogP contribution >= 0.6 is 22.9 Å². The fourth-order valence-corrected chi connectivity index (χ4v) is 4.90. The van der Waals surface area contributed by atoms with Crippen LogP contribution in [0, 0.1) is 20.8 Å². The molecule has 3 rings (SSSR count). The lowest BCUT2D eigenvalue weighted by molar-refractivity contribution is 0.600. The first kappa shape index (κ1) is 18.0. The molecule has 0 amide bonds. The van der Waals surface area contributed by atoms with E-state index in [4.69, 9.17) is 11.6 Å². The molecular weight excluding hydrogens is 378 g/mol. The van der Waals surface area contributed by atoms with Crippen LogP contribution in [0.25, 0.3) is 10.7 Å². The molecule has 1 aromatic carbocycles. The lowest BCUT2D eigenvalue weighted by Gasteiger charge is -2.08. The number of sulfonamides is 1. The average molecular weight is 396 g/mol. The number of anilines is 1. The Kier molecular flexibility index (Phi) is 4.66. The van der Waals surface area contributed by atoms with Gasteiger partial charge in [-0.1, -0.05) is 11.6 Å². The van der Waals surface area contributed by atoms with Gasteiger partial charge in [-0.3, -0.25) is 4.72 Å². The molecular formula is C17H18ClN3O2S2. The van der Waals surface area contributed by atoms with E-state index in [2.05, 4.69) is 9.71 Å². The summed E-state index contributed by atoms with van der Waals surface area (Å²) in [6.45, 7) is 5.74. The Morgan fingerprint density at radius 3 is 2.36 bits per heavy atom. The summed E-state index contributed by atoms with van der Waals surface area (Å²) in [5.41, 5.74) is 2.87. The van der Waals surface area contributed by atoms with Gasteiger partial charge in [0.15, 0.2) is 0 Å². The van der Waals surface area contributed by atoms with E-state index < -0.39 is 10.0 Å². The topological polar surface area (TPSA) is 64.0 Å². The second-order valence-corrected chi connectivity index (χ2v) is 9.10. The van der Waals surface area contributed by atoms with Crippen LogP contribution in [-0.4, -0.2) is 18.0 Å². The number of halogens is 1. The second kappa shape index (κ2) is 6.48. The molecule has 8 heteroatoms. The fraction of sp³-hybridized carbons (Fsp3) is 0.235. The van der Waals surface area contributed by atoms with Gasteiger partial charge in [0, 0.05) is 28.3 Å². The van der Waals surface area contributed by atoms with E-state index in [-0.39, 0.29) is 4.90 Å². The first-order valence-corrected chi connectivity index (χ1v) is 10.3. The van der Waals surface area contributed by atoms with Crippen LogP contribution in [0.3, 0.4) is 0 Å². The molecule has 0 spiro atoms. The van der Waals surface area contributed by atoms with Crippen molar-refractivity contribution in [3.63, 3.8) is 0 Å². The Morgan fingerprint density at radius 2 is 1.80 bits per heavy atom. The lowest BCUT2D eigenvalue weighted by Crippen LogP contribution is -2.13. The minimum absolute atomic E-state index is 0.241. The summed E-state index contributed by atoms with van der Waals surface area (Å²) in [6, 6.07) is 8.22. The average Bonchev–Trinajstić information content (AvgIpc) is 3.03. The SMILES string of the molecule is Cc1nc(-c2cc(S(=O)(=O)Nc3ccc(Cl)cc3)c(C)n2C)sc1C. The van der Waals surface area contributed by atoms with Gasteiger partial charge in [0.1, 0.15) is 9.90 Å². The van der Waals surface area contributed by atoms with Crippen LogP contribution < -0.4 is 4.72 Å². The van der Waals surface area contributed by atoms with Crippen molar-refractivity contribution < 1.29 is 8.42 Å². The predicted octanol–water partition coefficient (Wildman–Crippen LogP) is 4.53. The van der Waals surface area contributed by atoms with Gasteiger partial charge in [0.25, 0.3) is 10.0 Å². The molecule has 0 saturated carbocycles. The maximum atomic E-state index is 12.8. The Balaban J connectivity index is 2.02. The highest BCUT2D eigenvalue weighted by Crippen LogP contribution is 2.32. The van der Waals surface area contributed by atoms with Crippen molar-refractivity contribution >= 4 is 38.6 Å². The van der Waals surface area contributed by atoms with Crippen LogP contribution in [0.1, 0.15) is 16.3 Å². The van der Waals surface area contributed by atoms with E-state index in [0.717, 1.165) is 21.3 Å². The Morgan fingerprint density at radius 1 is 1.16 bits per heavy atom. The molecule has 1 N–H and O–H groups in total. The minimum atomic E-state index is -3.71. The third kappa shape index (κ3) is 3.44. The highest BCUT2D eigenvalue weighted by atomic mass is 35.5. The summed E-state index contributed by atoms with van der Waals surface area (Å²) in [6.07, 6.45) is 0. The molecule has 132 valence electrons. The molecule has 25 heavy (non-hydrogen) atoms. The van der Waals surface area contributed by atoms with E-state index >= 15 is 0 Å². The van der Waals surface area contributed by atoms with Gasteiger partial charge in [-0.2, -0.15) is 0 Å². The summed E-state index contributed by atoms with van der Waals surface area (Å²) >= 11 is 7.40. The van der Waals surface area contributed by atoms with Crippen molar-refractivity contribution in [1.82, 2.24) is 9.55 Å². The van der Waals surface area contributed by atoms with E-state index in [1.165, 1.54) is 0 Å². The maximum absolute atomic E-state index is 12.8. The number of aromatic nitrogens is 2. The van der Waals surface area contributed by atoms with Gasteiger partial charge in [0.05, 0.1) is 11.4 Å². The zero-order valence-electron chi connectivity index (χ0n) is 14.3. The number of nitrogens with zero attached hydrogens (tertiary/aromatic N) is 2. The minimum Gasteiger partial charge on any atom is -0.345 e. The lowest BCUT2D eigenvalue weighted by atomic mass is 10.3. The number of rotatable bonds is 4. The van der Waals surface area contributed by atoms with Crippen LogP contribution in [-0.2, 0) is 17.1 Å². The summed E-state index contributed by atoms with van der Waals surface area (Å²) in [7, 11) is -1.86. The molecule has 0 aliphatic rings. The van der Waals surface area contributed by atoms with E-state index in [1.807, 2.05) is 25.5 Å². The van der Waals surface area contributed by atoms with Crippen molar-refractivity contribution in [3.05, 3.63) is 51.6 Å². The van der Waals surface area contributed by atoms with Crippen LogP contribution in [0.15, 0.2) is 35.2 Å². The van der Waals surface area contributed by atoms with E-state index in [0.29, 0.717) is 16.4 Å². The quantitative estimate of drug-likeness (QED) is 0.705. The molecule has 3 aromatic rings. The molecule has 0 unspecified atom stereocenters. The van der Waals surface area contributed by atoms with Crippen LogP contribution in [0.4, 0.5) is 5.69 Å². The normalized spacial score (nSPS) is 11.7. The highest BCUT2D eigenvalue weighted by molar-refractivity contribution is 7.92. The molecule has 0 bridgehead atoms. The monoisotopic (exact) mass is 395 g/mol. The maximum Gasteiger partial charge on any atom is 0.263 e. The number of hydrogen-bond acceptors (Lipinski definition) is 4. The molecule has 0 aliphatic heterocycles. The number of thiazole rings is 1. The Bertz CT molecular complexity index is 1020. The first-order chi connectivity index (χ1) is 11.7. The van der Waals surface area contributed by atoms with Gasteiger partial charge in [-0.15, -0.1) is 11.3 Å². The van der Waals surface area contributed by atoms with Gasteiger partial charge in [-0.25, -0.2) is 13.4 Å². The standard InChI is InChI=1S/C17H18ClN3O2S2/c1-10-12(3)24-17(19-10)15-9-16(11(2)21(15)4)25(22,23)20-14-7-5-13(18)6-8-14/h5-9,20H,1-4H3. The highest BCUT2D eigenvalue weighted by Gasteiger charge is 2.23. The summed E-state index contributed by atoms with van der Waals surface area (Å²) in [5, 5.41) is 1.36. The smallest absolute Gasteiger partial charge is 0.263 e. The zero-order valence-corrected chi connectivity index (χ0v) is 16.7. The zero-order chi connectivity index (χ0) is 18.4. The molecule has 0 radical (unpaired) electrons. The molecule has 0 fully saturated rings. The largest absolute Gasteiger partial charge is 0.345 e. The van der Waals surface area contributed by atoms with Crippen LogP contribution in [0.5, 0.6) is 0 Å². The molecule has 0 atom stereocenters. The predicted molar refractivity (Wildman–Crippen MR) is 103 cm³/mol. The Labute approximate surface area is 156 Å². The van der Waals surface area contributed by atoms with Crippen molar-refractivity contribution in [1.29, 1.82) is 0 Å². The van der Waals surface area contributed by atoms with E-state index in [1.54, 1.807) is 48.6 Å². The van der Waals surface area contributed by atoms with Gasteiger partial charge < -0.3 is 4.57 Å². The second-order valence-electron chi connectivity index (χ2n) is 5.81. The van der Waals surface area contributed by atoms with Gasteiger partial charge >= 0.3 is 0 Å². The van der Waals surface area contributed by atoms with Crippen molar-refractivity contribution in [2.45, 2.75) is 25.7 Å². The molecule has 2 heterocycles. The third-order valence-electron chi connectivity index (χ3n) is 4.12. The first-order valence-electron chi connectivity index (χ1n) is 7.58. The fourth-order valence-electron chi connectivity index (χ4n) is 2.46. The number of aryl methyl sites for hydroxylation is 2. The molecule has 5 nitrogen and oxygen atoms in total. The van der Waals surface area contributed by atoms with Gasteiger partial charge in [-0.05, 0) is 51.1 Å². The number of benzene rings is 1. The number of nitrogens with one attached hydrogen (secondary N) is 1. The summed E-state index contributed by atoms with van der Waals surface area (Å²) in [4.78, 5) is 5.90. The Hall–Kier alpha value is -1.83. The van der Waals surface area contributed by atoms with Crippen molar-refractivity contribution in [3.8, 4) is 10.7 Å². The summed E-state index contributed by atoms with van der Waals surface area (Å²) < 4.78 is 30.1. The molecule has 0 aliphatic carbocycles. The molecule has 2 aromatic heterocycles. The molecule has 0 saturated heterocycles.